The number of rotatable bonds is 7. The minimum atomic E-state index is -0.924. The highest BCUT2D eigenvalue weighted by Crippen LogP contribution is 2.14. The molecule has 0 fully saturated rings. The molecule has 16 heavy (non-hydrogen) atoms. The van der Waals surface area contributed by atoms with Gasteiger partial charge in [0.05, 0.1) is 0 Å². The zero-order valence-corrected chi connectivity index (χ0v) is 10.8. The van der Waals surface area contributed by atoms with Crippen LogP contribution in [0.25, 0.3) is 0 Å². The number of aliphatic carboxylic acids is 1. The predicted octanol–water partition coefficient (Wildman–Crippen LogP) is 2.16. The number of benzene rings is 1. The normalized spacial score (nSPS) is 12.3. The number of carbonyl (C=O) groups excluding carboxylic acids is 1. The number of carboxylic acids is 1. The maximum Gasteiger partial charge on any atom is 0.0445 e. The van der Waals surface area contributed by atoms with E-state index >= 15 is 0 Å². The Balaban J connectivity index is 2.31. The molecule has 1 unspecified atom stereocenters. The molecule has 0 aliphatic carbocycles. The smallest absolute Gasteiger partial charge is 0.0445 e. The lowest BCUT2D eigenvalue weighted by molar-refractivity contribution is -0.311. The van der Waals surface area contributed by atoms with Crippen LogP contribution in [0.4, 0.5) is 0 Å². The molecule has 88 valence electrons. The fourth-order valence-electron chi connectivity index (χ4n) is 1.71. The number of hydrogen-bond donors (Lipinski definition) is 0. The van der Waals surface area contributed by atoms with Crippen LogP contribution in [0.1, 0.15) is 24.8 Å². The van der Waals surface area contributed by atoms with Gasteiger partial charge < -0.3 is 9.90 Å². The number of alkyl halides is 1. The lowest BCUT2D eigenvalue weighted by Crippen LogP contribution is -2.31. The van der Waals surface area contributed by atoms with E-state index in [0.717, 1.165) is 18.2 Å². The van der Waals surface area contributed by atoms with Gasteiger partial charge >= 0.3 is 0 Å². The molecule has 3 heteroatoms. The average molecular weight is 284 g/mol. The van der Waals surface area contributed by atoms with Gasteiger partial charge in [-0.2, -0.15) is 0 Å². The van der Waals surface area contributed by atoms with Crippen LogP contribution >= 0.6 is 15.9 Å². The molecule has 0 aliphatic heterocycles. The number of carboxylic acid groups (broad SMARTS) is 1. The molecule has 0 aliphatic rings. The van der Waals surface area contributed by atoms with Gasteiger partial charge in [0.25, 0.3) is 0 Å². The van der Waals surface area contributed by atoms with Crippen molar-refractivity contribution in [1.29, 1.82) is 0 Å². The third-order valence-corrected chi connectivity index (χ3v) is 3.11. The Morgan fingerprint density at radius 3 is 2.50 bits per heavy atom. The highest BCUT2D eigenvalue weighted by atomic mass is 79.9. The second kappa shape index (κ2) is 7.44. The highest BCUT2D eigenvalue weighted by Gasteiger charge is 2.08. The molecular formula is C13H16BrO2-. The fraction of sp³-hybridized carbons (Fsp3) is 0.462. The van der Waals surface area contributed by atoms with E-state index in [0.29, 0.717) is 12.8 Å². The summed E-state index contributed by atoms with van der Waals surface area (Å²) in [7, 11) is 0. The van der Waals surface area contributed by atoms with E-state index in [1.54, 1.807) is 0 Å². The van der Waals surface area contributed by atoms with Gasteiger partial charge in [-0.1, -0.05) is 46.3 Å². The monoisotopic (exact) mass is 283 g/mol. The van der Waals surface area contributed by atoms with E-state index < -0.39 is 5.97 Å². The van der Waals surface area contributed by atoms with Crippen molar-refractivity contribution in [1.82, 2.24) is 0 Å². The second-order valence-electron chi connectivity index (χ2n) is 3.87. The molecule has 1 rings (SSSR count). The van der Waals surface area contributed by atoms with Gasteiger partial charge in [0.15, 0.2) is 0 Å². The molecule has 0 saturated carbocycles. The Hall–Kier alpha value is -0.830. The second-order valence-corrected chi connectivity index (χ2v) is 4.66. The lowest BCUT2D eigenvalue weighted by Gasteiger charge is -2.16. The van der Waals surface area contributed by atoms with Crippen molar-refractivity contribution in [3.8, 4) is 0 Å². The minimum absolute atomic E-state index is 0.317. The summed E-state index contributed by atoms with van der Waals surface area (Å²) in [6.45, 7) is 0. The van der Waals surface area contributed by atoms with Gasteiger partial charge in [-0.3, -0.25) is 0 Å². The zero-order chi connectivity index (χ0) is 11.8. The maximum absolute atomic E-state index is 10.8. The quantitative estimate of drug-likeness (QED) is 0.720. The fourth-order valence-corrected chi connectivity index (χ4v) is 2.26. The van der Waals surface area contributed by atoms with Crippen molar-refractivity contribution in [3.05, 3.63) is 35.9 Å². The number of halogens is 1. The van der Waals surface area contributed by atoms with Crippen molar-refractivity contribution < 1.29 is 9.90 Å². The van der Waals surface area contributed by atoms with Gasteiger partial charge in [-0.15, -0.1) is 0 Å². The molecule has 1 aromatic carbocycles. The van der Waals surface area contributed by atoms with E-state index in [-0.39, 0.29) is 5.92 Å². The Morgan fingerprint density at radius 2 is 1.94 bits per heavy atom. The largest absolute Gasteiger partial charge is 0.550 e. The Labute approximate surface area is 105 Å². The van der Waals surface area contributed by atoms with Crippen LogP contribution in [-0.2, 0) is 11.2 Å². The first-order chi connectivity index (χ1) is 7.74. The third-order valence-electron chi connectivity index (χ3n) is 2.65. The van der Waals surface area contributed by atoms with Gasteiger partial charge in [0.2, 0.25) is 0 Å². The summed E-state index contributed by atoms with van der Waals surface area (Å²) in [5.41, 5.74) is 1.26. The summed E-state index contributed by atoms with van der Waals surface area (Å²) in [6, 6.07) is 10.1. The zero-order valence-electron chi connectivity index (χ0n) is 9.19. The van der Waals surface area contributed by atoms with Crippen LogP contribution in [0.15, 0.2) is 30.3 Å². The van der Waals surface area contributed by atoms with Crippen LogP contribution in [0.2, 0.25) is 0 Å². The van der Waals surface area contributed by atoms with Gasteiger partial charge in [0, 0.05) is 11.3 Å². The van der Waals surface area contributed by atoms with E-state index in [4.69, 9.17) is 0 Å². The van der Waals surface area contributed by atoms with Crippen molar-refractivity contribution in [3.63, 3.8) is 0 Å². The van der Waals surface area contributed by atoms with Crippen molar-refractivity contribution in [2.24, 2.45) is 5.92 Å². The molecule has 1 aromatic rings. The van der Waals surface area contributed by atoms with E-state index in [2.05, 4.69) is 28.1 Å². The summed E-state index contributed by atoms with van der Waals surface area (Å²) >= 11 is 3.26. The lowest BCUT2D eigenvalue weighted by atomic mass is 9.97. The van der Waals surface area contributed by atoms with Crippen LogP contribution < -0.4 is 5.11 Å². The first kappa shape index (κ1) is 13.2. The maximum atomic E-state index is 10.8. The van der Waals surface area contributed by atoms with E-state index in [9.17, 15) is 9.90 Å². The molecule has 0 aromatic heterocycles. The molecular weight excluding hydrogens is 268 g/mol. The highest BCUT2D eigenvalue weighted by molar-refractivity contribution is 9.09. The standard InChI is InChI=1S/C13H17BrO2/c14-10-9-12(13(15)16)8-4-7-11-5-2-1-3-6-11/h1-3,5-6,12H,4,7-10H2,(H,15,16)/p-1. The summed E-state index contributed by atoms with van der Waals surface area (Å²) in [5.74, 6) is -1.24. The first-order valence-corrected chi connectivity index (χ1v) is 6.67. The minimum Gasteiger partial charge on any atom is -0.550 e. The Kier molecular flexibility index (Phi) is 6.16. The predicted molar refractivity (Wildman–Crippen MR) is 66.3 cm³/mol. The van der Waals surface area contributed by atoms with E-state index in [1.807, 2.05) is 18.2 Å². The van der Waals surface area contributed by atoms with Crippen molar-refractivity contribution in [2.45, 2.75) is 25.7 Å². The van der Waals surface area contributed by atoms with Gasteiger partial charge in [-0.05, 0) is 37.2 Å². The van der Waals surface area contributed by atoms with Gasteiger partial charge in [0.1, 0.15) is 0 Å². The molecule has 1 atom stereocenters. The molecule has 0 saturated heterocycles. The van der Waals surface area contributed by atoms with Crippen LogP contribution in [-0.4, -0.2) is 11.3 Å². The third kappa shape index (κ3) is 4.79. The topological polar surface area (TPSA) is 40.1 Å². The molecule has 0 heterocycles. The number of aryl methyl sites for hydroxylation is 1. The molecule has 0 N–H and O–H groups in total. The van der Waals surface area contributed by atoms with Crippen molar-refractivity contribution in [2.75, 3.05) is 5.33 Å². The Morgan fingerprint density at radius 1 is 1.25 bits per heavy atom. The average Bonchev–Trinajstić information content (AvgIpc) is 2.29. The molecule has 0 radical (unpaired) electrons. The number of carbonyl (C=O) groups is 1. The van der Waals surface area contributed by atoms with E-state index in [1.165, 1.54) is 5.56 Å². The summed E-state index contributed by atoms with van der Waals surface area (Å²) < 4.78 is 0. The summed E-state index contributed by atoms with van der Waals surface area (Å²) in [6.07, 6.45) is 3.18. The molecule has 2 nitrogen and oxygen atoms in total. The molecule has 0 amide bonds. The van der Waals surface area contributed by atoms with Crippen LogP contribution in [0.3, 0.4) is 0 Å². The summed E-state index contributed by atoms with van der Waals surface area (Å²) in [5, 5.41) is 11.5. The Bertz CT molecular complexity index is 311. The SMILES string of the molecule is O=C([O-])C(CCBr)CCCc1ccccc1. The van der Waals surface area contributed by atoms with Gasteiger partial charge in [-0.25, -0.2) is 0 Å². The van der Waals surface area contributed by atoms with Crippen molar-refractivity contribution >= 4 is 21.9 Å². The number of hydrogen-bond acceptors (Lipinski definition) is 2. The first-order valence-electron chi connectivity index (χ1n) is 5.54. The summed E-state index contributed by atoms with van der Waals surface area (Å²) in [4.78, 5) is 10.8. The van der Waals surface area contributed by atoms with Crippen LogP contribution in [0.5, 0.6) is 0 Å². The van der Waals surface area contributed by atoms with Crippen LogP contribution in [0, 0.1) is 5.92 Å². The molecule has 0 bridgehead atoms. The molecule has 0 spiro atoms.